The van der Waals surface area contributed by atoms with Crippen molar-refractivity contribution < 1.29 is 4.79 Å². The van der Waals surface area contributed by atoms with Gasteiger partial charge in [0.05, 0.1) is 12.0 Å². The number of nitrogens with two attached hydrogens (primary N) is 1. The second-order valence-corrected chi connectivity index (χ2v) is 5.53. The van der Waals surface area contributed by atoms with E-state index in [1.54, 1.807) is 0 Å². The molecule has 0 aliphatic heterocycles. The van der Waals surface area contributed by atoms with Gasteiger partial charge in [0.1, 0.15) is 0 Å². The molecule has 0 saturated heterocycles. The predicted octanol–water partition coefficient (Wildman–Crippen LogP) is 2.98. The highest BCUT2D eigenvalue weighted by Gasteiger charge is 2.30. The Hall–Kier alpha value is -1.06. The zero-order valence-electron chi connectivity index (χ0n) is 12.3. The van der Waals surface area contributed by atoms with E-state index in [1.165, 1.54) is 5.56 Å². The number of nitrogens with one attached hydrogen (secondary N) is 1. The fourth-order valence-electron chi connectivity index (χ4n) is 2.76. The van der Waals surface area contributed by atoms with E-state index >= 15 is 0 Å². The van der Waals surface area contributed by atoms with Crippen LogP contribution in [-0.4, -0.2) is 11.9 Å². The van der Waals surface area contributed by atoms with Crippen LogP contribution in [0.15, 0.2) is 24.3 Å². The molecule has 1 aliphatic rings. The van der Waals surface area contributed by atoms with Crippen LogP contribution < -0.4 is 11.1 Å². The lowest BCUT2D eigenvalue weighted by Gasteiger charge is -2.20. The predicted molar refractivity (Wildman–Crippen MR) is 84.9 cm³/mol. The molecule has 0 aromatic heterocycles. The standard InChI is InChI=1S/C16H24N2O.ClH/c1-3-12-7-9-13(10-8-12)11(2)18-16(19)14-5-4-6-15(14)17;/h7-11,14-15H,3-6,17H2,1-2H3,(H,18,19);1H. The molecular formula is C16H25ClN2O. The normalized spacial score (nSPS) is 22.9. The van der Waals surface area contributed by atoms with Gasteiger partial charge in [-0.05, 0) is 37.3 Å². The largest absolute Gasteiger partial charge is 0.349 e. The second kappa shape index (κ2) is 7.65. The molecule has 1 aromatic carbocycles. The lowest BCUT2D eigenvalue weighted by Crippen LogP contribution is -2.39. The van der Waals surface area contributed by atoms with Gasteiger partial charge in [0.15, 0.2) is 0 Å². The van der Waals surface area contributed by atoms with Gasteiger partial charge in [-0.15, -0.1) is 12.4 Å². The van der Waals surface area contributed by atoms with E-state index in [0.29, 0.717) is 0 Å². The molecule has 3 N–H and O–H groups in total. The molecule has 3 unspecified atom stereocenters. The molecule has 0 heterocycles. The summed E-state index contributed by atoms with van der Waals surface area (Å²) in [6.07, 6.45) is 4.00. The van der Waals surface area contributed by atoms with Crippen molar-refractivity contribution in [1.82, 2.24) is 5.32 Å². The molecule has 1 saturated carbocycles. The van der Waals surface area contributed by atoms with Gasteiger partial charge in [-0.1, -0.05) is 37.6 Å². The summed E-state index contributed by atoms with van der Waals surface area (Å²) in [5, 5.41) is 3.09. The Morgan fingerprint density at radius 3 is 2.50 bits per heavy atom. The Bertz CT molecular complexity index is 433. The number of hydrogen-bond donors (Lipinski definition) is 2. The first-order valence-corrected chi connectivity index (χ1v) is 7.26. The molecule has 1 aliphatic carbocycles. The number of carbonyl (C=O) groups excluding carboxylic acids is 1. The number of amides is 1. The van der Waals surface area contributed by atoms with Crippen LogP contribution in [-0.2, 0) is 11.2 Å². The van der Waals surface area contributed by atoms with E-state index in [4.69, 9.17) is 5.73 Å². The van der Waals surface area contributed by atoms with Gasteiger partial charge in [-0.3, -0.25) is 4.79 Å². The molecule has 20 heavy (non-hydrogen) atoms. The van der Waals surface area contributed by atoms with Crippen LogP contribution in [0.1, 0.15) is 50.3 Å². The van der Waals surface area contributed by atoms with Gasteiger partial charge in [0, 0.05) is 6.04 Å². The second-order valence-electron chi connectivity index (χ2n) is 5.53. The van der Waals surface area contributed by atoms with E-state index in [9.17, 15) is 4.79 Å². The monoisotopic (exact) mass is 296 g/mol. The van der Waals surface area contributed by atoms with Crippen molar-refractivity contribution in [2.45, 2.75) is 51.6 Å². The van der Waals surface area contributed by atoms with Crippen LogP contribution in [0, 0.1) is 5.92 Å². The minimum Gasteiger partial charge on any atom is -0.349 e. The topological polar surface area (TPSA) is 55.1 Å². The summed E-state index contributed by atoms with van der Waals surface area (Å²) >= 11 is 0. The molecular weight excluding hydrogens is 272 g/mol. The Labute approximate surface area is 127 Å². The third-order valence-electron chi connectivity index (χ3n) is 4.15. The minimum absolute atomic E-state index is 0. The third-order valence-corrected chi connectivity index (χ3v) is 4.15. The molecule has 1 aromatic rings. The van der Waals surface area contributed by atoms with Crippen molar-refractivity contribution >= 4 is 18.3 Å². The first-order chi connectivity index (χ1) is 9.11. The molecule has 3 nitrogen and oxygen atoms in total. The fraction of sp³-hybridized carbons (Fsp3) is 0.562. The lowest BCUT2D eigenvalue weighted by atomic mass is 10.0. The van der Waals surface area contributed by atoms with Crippen molar-refractivity contribution in [2.75, 3.05) is 0 Å². The number of hydrogen-bond acceptors (Lipinski definition) is 2. The maximum absolute atomic E-state index is 12.2. The summed E-state index contributed by atoms with van der Waals surface area (Å²) in [6, 6.07) is 8.52. The summed E-state index contributed by atoms with van der Waals surface area (Å²) < 4.78 is 0. The highest BCUT2D eigenvalue weighted by atomic mass is 35.5. The van der Waals surface area contributed by atoms with Gasteiger partial charge in [0.25, 0.3) is 0 Å². The maximum atomic E-state index is 12.2. The average molecular weight is 297 g/mol. The van der Waals surface area contributed by atoms with Crippen LogP contribution in [0.3, 0.4) is 0 Å². The quantitative estimate of drug-likeness (QED) is 0.897. The minimum atomic E-state index is -0.00244. The van der Waals surface area contributed by atoms with E-state index in [-0.39, 0.29) is 36.3 Å². The van der Waals surface area contributed by atoms with Gasteiger partial charge >= 0.3 is 0 Å². The molecule has 2 rings (SSSR count). The fourth-order valence-corrected chi connectivity index (χ4v) is 2.76. The summed E-state index contributed by atoms with van der Waals surface area (Å²) in [5.41, 5.74) is 8.44. The van der Waals surface area contributed by atoms with Crippen molar-refractivity contribution in [3.8, 4) is 0 Å². The number of carbonyl (C=O) groups is 1. The summed E-state index contributed by atoms with van der Waals surface area (Å²) in [4.78, 5) is 12.2. The number of halogens is 1. The average Bonchev–Trinajstić information content (AvgIpc) is 2.85. The molecule has 1 amide bonds. The Morgan fingerprint density at radius 1 is 1.35 bits per heavy atom. The number of benzene rings is 1. The Balaban J connectivity index is 0.00000200. The highest BCUT2D eigenvalue weighted by Crippen LogP contribution is 2.25. The molecule has 3 atom stereocenters. The van der Waals surface area contributed by atoms with Crippen LogP contribution in [0.2, 0.25) is 0 Å². The lowest BCUT2D eigenvalue weighted by molar-refractivity contribution is -0.125. The Kier molecular flexibility index (Phi) is 6.50. The molecule has 0 radical (unpaired) electrons. The van der Waals surface area contributed by atoms with Crippen LogP contribution >= 0.6 is 12.4 Å². The van der Waals surface area contributed by atoms with Crippen molar-refractivity contribution in [2.24, 2.45) is 11.7 Å². The number of aryl methyl sites for hydroxylation is 1. The molecule has 0 bridgehead atoms. The maximum Gasteiger partial charge on any atom is 0.225 e. The molecule has 4 heteroatoms. The Morgan fingerprint density at radius 2 is 2.00 bits per heavy atom. The summed E-state index contributed by atoms with van der Waals surface area (Å²) in [6.45, 7) is 4.17. The number of rotatable bonds is 4. The van der Waals surface area contributed by atoms with Gasteiger partial charge in [-0.2, -0.15) is 0 Å². The van der Waals surface area contributed by atoms with Crippen molar-refractivity contribution in [1.29, 1.82) is 0 Å². The molecule has 1 fully saturated rings. The van der Waals surface area contributed by atoms with Gasteiger partial charge < -0.3 is 11.1 Å². The van der Waals surface area contributed by atoms with Crippen molar-refractivity contribution in [3.63, 3.8) is 0 Å². The third kappa shape index (κ3) is 3.97. The van der Waals surface area contributed by atoms with E-state index in [2.05, 4.69) is 36.5 Å². The van der Waals surface area contributed by atoms with Crippen LogP contribution in [0.5, 0.6) is 0 Å². The molecule has 112 valence electrons. The van der Waals surface area contributed by atoms with Gasteiger partial charge in [0.2, 0.25) is 5.91 Å². The summed E-state index contributed by atoms with van der Waals surface area (Å²) in [7, 11) is 0. The van der Waals surface area contributed by atoms with Crippen molar-refractivity contribution in [3.05, 3.63) is 35.4 Å². The van der Waals surface area contributed by atoms with E-state index in [1.807, 2.05) is 6.92 Å². The van der Waals surface area contributed by atoms with Crippen LogP contribution in [0.25, 0.3) is 0 Å². The highest BCUT2D eigenvalue weighted by molar-refractivity contribution is 5.85. The first-order valence-electron chi connectivity index (χ1n) is 7.26. The smallest absolute Gasteiger partial charge is 0.225 e. The molecule has 0 spiro atoms. The van der Waals surface area contributed by atoms with E-state index in [0.717, 1.165) is 31.2 Å². The zero-order chi connectivity index (χ0) is 13.8. The van der Waals surface area contributed by atoms with E-state index < -0.39 is 0 Å². The summed E-state index contributed by atoms with van der Waals surface area (Å²) in [5.74, 6) is 0.106. The van der Waals surface area contributed by atoms with Gasteiger partial charge in [-0.25, -0.2) is 0 Å². The van der Waals surface area contributed by atoms with Crippen LogP contribution in [0.4, 0.5) is 0 Å². The first kappa shape index (κ1) is 17.0. The SMILES string of the molecule is CCc1ccc(C(C)NC(=O)C2CCCC2N)cc1.Cl. The zero-order valence-corrected chi connectivity index (χ0v) is 13.1.